The first-order valence-corrected chi connectivity index (χ1v) is 7.63. The number of hydrogen-bond donors (Lipinski definition) is 1. The van der Waals surface area contributed by atoms with Crippen LogP contribution in [0.3, 0.4) is 0 Å². The molecule has 21 heavy (non-hydrogen) atoms. The first-order valence-electron chi connectivity index (χ1n) is 7.25. The number of hydrogen-bond acceptors (Lipinski definition) is 2. The maximum absolute atomic E-state index is 6.38. The summed E-state index contributed by atoms with van der Waals surface area (Å²) in [4.78, 5) is 0. The molecule has 0 bridgehead atoms. The Balaban J connectivity index is 1.80. The predicted molar refractivity (Wildman–Crippen MR) is 87.7 cm³/mol. The summed E-state index contributed by atoms with van der Waals surface area (Å²) >= 11 is 6.38. The lowest BCUT2D eigenvalue weighted by Crippen LogP contribution is -2.60. The lowest BCUT2D eigenvalue weighted by Gasteiger charge is -2.49. The third-order valence-electron chi connectivity index (χ3n) is 4.56. The highest BCUT2D eigenvalue weighted by molar-refractivity contribution is 6.32. The van der Waals surface area contributed by atoms with E-state index in [1.165, 1.54) is 0 Å². The molecule has 2 aromatic carbocycles. The average molecular weight is 302 g/mol. The summed E-state index contributed by atoms with van der Waals surface area (Å²) in [5.74, 6) is 0.737. The van der Waals surface area contributed by atoms with E-state index in [0.29, 0.717) is 5.02 Å². The molecule has 0 saturated heterocycles. The maximum atomic E-state index is 6.38. The van der Waals surface area contributed by atoms with E-state index in [9.17, 15) is 0 Å². The van der Waals surface area contributed by atoms with Gasteiger partial charge < -0.3 is 10.5 Å². The second-order valence-electron chi connectivity index (χ2n) is 6.28. The highest BCUT2D eigenvalue weighted by Gasteiger charge is 2.48. The van der Waals surface area contributed by atoms with Crippen LogP contribution in [0.25, 0.3) is 11.1 Å². The van der Waals surface area contributed by atoms with Crippen molar-refractivity contribution >= 4 is 11.6 Å². The normalized spacial score (nSPS) is 23.4. The van der Waals surface area contributed by atoms with Gasteiger partial charge in [0, 0.05) is 17.9 Å². The molecular formula is C18H20ClNO. The summed E-state index contributed by atoms with van der Waals surface area (Å²) in [6.07, 6.45) is 1.01. The minimum absolute atomic E-state index is 0.00142. The zero-order valence-corrected chi connectivity index (χ0v) is 13.1. The third-order valence-corrected chi connectivity index (χ3v) is 4.86. The molecule has 0 amide bonds. The molecule has 0 spiro atoms. The van der Waals surface area contributed by atoms with Gasteiger partial charge in [-0.1, -0.05) is 61.8 Å². The van der Waals surface area contributed by atoms with Gasteiger partial charge in [0.1, 0.15) is 11.9 Å². The zero-order valence-electron chi connectivity index (χ0n) is 12.3. The molecule has 2 unspecified atom stereocenters. The molecule has 1 saturated carbocycles. The summed E-state index contributed by atoms with van der Waals surface area (Å²) in [6, 6.07) is 16.3. The molecule has 2 aromatic rings. The maximum Gasteiger partial charge on any atom is 0.138 e. The van der Waals surface area contributed by atoms with E-state index in [-0.39, 0.29) is 17.6 Å². The molecule has 2 atom stereocenters. The van der Waals surface area contributed by atoms with Crippen molar-refractivity contribution in [1.82, 2.24) is 0 Å². The van der Waals surface area contributed by atoms with Crippen LogP contribution in [0, 0.1) is 5.41 Å². The summed E-state index contributed by atoms with van der Waals surface area (Å²) in [5, 5.41) is 0.646. The van der Waals surface area contributed by atoms with E-state index in [1.54, 1.807) is 0 Å². The standard InChI is InChI=1S/C18H20ClNO/c1-18(2)16(20)11-17(18)21-15-9-8-13(10-14(15)19)12-6-4-3-5-7-12/h3-10,16-17H,11,20H2,1-2H3. The van der Waals surface area contributed by atoms with Crippen molar-refractivity contribution in [3.8, 4) is 16.9 Å². The molecular weight excluding hydrogens is 282 g/mol. The molecule has 2 nitrogen and oxygen atoms in total. The van der Waals surface area contributed by atoms with Crippen molar-refractivity contribution in [2.45, 2.75) is 32.4 Å². The molecule has 0 aromatic heterocycles. The fourth-order valence-electron chi connectivity index (χ4n) is 2.68. The van der Waals surface area contributed by atoms with E-state index < -0.39 is 0 Å². The van der Waals surface area contributed by atoms with Crippen molar-refractivity contribution in [1.29, 1.82) is 0 Å². The van der Waals surface area contributed by atoms with Crippen molar-refractivity contribution < 1.29 is 4.74 Å². The van der Waals surface area contributed by atoms with E-state index in [0.717, 1.165) is 23.3 Å². The molecule has 3 rings (SSSR count). The predicted octanol–water partition coefficient (Wildman–Crippen LogP) is 4.51. The Morgan fingerprint density at radius 3 is 2.38 bits per heavy atom. The molecule has 2 N–H and O–H groups in total. The Labute approximate surface area is 130 Å². The Morgan fingerprint density at radius 2 is 1.81 bits per heavy atom. The van der Waals surface area contributed by atoms with Crippen LogP contribution in [0.2, 0.25) is 5.02 Å². The van der Waals surface area contributed by atoms with Gasteiger partial charge in [-0.05, 0) is 23.3 Å². The summed E-state index contributed by atoms with van der Waals surface area (Å²) in [6.45, 7) is 4.27. The van der Waals surface area contributed by atoms with Crippen LogP contribution < -0.4 is 10.5 Å². The van der Waals surface area contributed by atoms with Crippen molar-refractivity contribution in [2.75, 3.05) is 0 Å². The van der Waals surface area contributed by atoms with E-state index in [1.807, 2.05) is 36.4 Å². The summed E-state index contributed by atoms with van der Waals surface area (Å²) in [5.41, 5.74) is 8.27. The third kappa shape index (κ3) is 2.66. The lowest BCUT2D eigenvalue weighted by molar-refractivity contribution is -0.0399. The Kier molecular flexibility index (Phi) is 3.68. The molecule has 3 heteroatoms. The van der Waals surface area contributed by atoms with Crippen molar-refractivity contribution in [2.24, 2.45) is 11.1 Å². The van der Waals surface area contributed by atoms with Gasteiger partial charge in [0.2, 0.25) is 0 Å². The highest BCUT2D eigenvalue weighted by Crippen LogP contribution is 2.43. The van der Waals surface area contributed by atoms with Gasteiger partial charge in [0.05, 0.1) is 5.02 Å². The number of halogens is 1. The largest absolute Gasteiger partial charge is 0.488 e. The fourth-order valence-corrected chi connectivity index (χ4v) is 2.90. The first kappa shape index (κ1) is 14.4. The van der Waals surface area contributed by atoms with E-state index in [2.05, 4.69) is 26.0 Å². The molecule has 110 valence electrons. The Bertz CT molecular complexity index is 639. The second-order valence-corrected chi connectivity index (χ2v) is 6.69. The van der Waals surface area contributed by atoms with E-state index in [4.69, 9.17) is 22.1 Å². The van der Waals surface area contributed by atoms with Gasteiger partial charge in [0.15, 0.2) is 0 Å². The number of ether oxygens (including phenoxy) is 1. The van der Waals surface area contributed by atoms with Crippen LogP contribution in [-0.4, -0.2) is 12.1 Å². The minimum Gasteiger partial charge on any atom is -0.488 e. The van der Waals surface area contributed by atoms with Crippen LogP contribution in [0.4, 0.5) is 0 Å². The van der Waals surface area contributed by atoms with Crippen LogP contribution in [-0.2, 0) is 0 Å². The smallest absolute Gasteiger partial charge is 0.138 e. The highest BCUT2D eigenvalue weighted by atomic mass is 35.5. The monoisotopic (exact) mass is 301 g/mol. The van der Waals surface area contributed by atoms with Gasteiger partial charge in [-0.3, -0.25) is 0 Å². The molecule has 0 heterocycles. The van der Waals surface area contributed by atoms with Crippen molar-refractivity contribution in [3.05, 3.63) is 53.6 Å². The molecule has 1 aliphatic rings. The van der Waals surface area contributed by atoms with Crippen LogP contribution in [0.1, 0.15) is 20.3 Å². The van der Waals surface area contributed by atoms with Gasteiger partial charge in [0.25, 0.3) is 0 Å². The Morgan fingerprint density at radius 1 is 1.10 bits per heavy atom. The quantitative estimate of drug-likeness (QED) is 0.905. The Hall–Kier alpha value is -1.51. The molecule has 1 aliphatic carbocycles. The van der Waals surface area contributed by atoms with Crippen LogP contribution in [0.5, 0.6) is 5.75 Å². The summed E-state index contributed by atoms with van der Waals surface area (Å²) < 4.78 is 6.05. The van der Waals surface area contributed by atoms with Crippen molar-refractivity contribution in [3.63, 3.8) is 0 Å². The SMILES string of the molecule is CC1(C)C(N)CC1Oc1ccc(-c2ccccc2)cc1Cl. The average Bonchev–Trinajstić information content (AvgIpc) is 2.49. The molecule has 1 fully saturated rings. The van der Waals surface area contributed by atoms with Gasteiger partial charge in [-0.15, -0.1) is 0 Å². The summed E-state index contributed by atoms with van der Waals surface area (Å²) in [7, 11) is 0. The van der Waals surface area contributed by atoms with Gasteiger partial charge >= 0.3 is 0 Å². The number of rotatable bonds is 3. The van der Waals surface area contributed by atoms with Crippen LogP contribution >= 0.6 is 11.6 Å². The number of nitrogens with two attached hydrogens (primary N) is 1. The van der Waals surface area contributed by atoms with Gasteiger partial charge in [-0.25, -0.2) is 0 Å². The zero-order chi connectivity index (χ0) is 15.0. The second kappa shape index (κ2) is 5.36. The van der Waals surface area contributed by atoms with Gasteiger partial charge in [-0.2, -0.15) is 0 Å². The minimum atomic E-state index is 0.00142. The lowest BCUT2D eigenvalue weighted by atomic mass is 9.65. The first-order chi connectivity index (χ1) is 9.98. The fraction of sp³-hybridized carbons (Fsp3) is 0.333. The molecule has 0 radical (unpaired) electrons. The molecule has 0 aliphatic heterocycles. The number of benzene rings is 2. The topological polar surface area (TPSA) is 35.2 Å². The van der Waals surface area contributed by atoms with Crippen LogP contribution in [0.15, 0.2) is 48.5 Å². The van der Waals surface area contributed by atoms with E-state index >= 15 is 0 Å².